The van der Waals surface area contributed by atoms with Crippen molar-refractivity contribution in [3.05, 3.63) is 35.4 Å². The van der Waals surface area contributed by atoms with Gasteiger partial charge in [0.05, 0.1) is 6.10 Å². The number of ether oxygens (including phenoxy) is 1. The molecular formula is C16H19F7O. The number of alkyl halides is 7. The largest absolute Gasteiger partial charge is 0.431 e. The molecule has 0 radical (unpaired) electrons. The first kappa shape index (κ1) is 20.7. The highest BCUT2D eigenvalue weighted by molar-refractivity contribution is 5.25. The van der Waals surface area contributed by atoms with E-state index in [2.05, 4.69) is 0 Å². The summed E-state index contributed by atoms with van der Waals surface area (Å²) < 4.78 is 94.5. The van der Waals surface area contributed by atoms with Crippen LogP contribution in [0.2, 0.25) is 0 Å². The van der Waals surface area contributed by atoms with Crippen molar-refractivity contribution < 1.29 is 35.5 Å². The van der Waals surface area contributed by atoms with Crippen LogP contribution in [0, 0.1) is 0 Å². The number of rotatable bonds is 7. The molecule has 0 aliphatic heterocycles. The summed E-state index contributed by atoms with van der Waals surface area (Å²) in [5.74, 6) is 0. The Morgan fingerprint density at radius 2 is 1.42 bits per heavy atom. The molecule has 0 aliphatic rings. The smallest absolute Gasteiger partial charge is 0.377 e. The van der Waals surface area contributed by atoms with Gasteiger partial charge in [0, 0.05) is 13.5 Å². The second-order valence-electron chi connectivity index (χ2n) is 5.57. The minimum Gasteiger partial charge on any atom is -0.377 e. The summed E-state index contributed by atoms with van der Waals surface area (Å²) in [6, 6.07) is 5.93. The molecule has 1 aromatic rings. The zero-order valence-corrected chi connectivity index (χ0v) is 13.3. The zero-order chi connectivity index (χ0) is 18.6. The number of hydrogen-bond acceptors (Lipinski definition) is 1. The lowest BCUT2D eigenvalue weighted by Gasteiger charge is -2.32. The van der Waals surface area contributed by atoms with Crippen LogP contribution < -0.4 is 0 Å². The maximum atomic E-state index is 13.8. The third kappa shape index (κ3) is 4.62. The first-order valence-electron chi connectivity index (χ1n) is 7.40. The molecule has 8 heteroatoms. The molecule has 0 saturated carbocycles. The second kappa shape index (κ2) is 7.72. The highest BCUT2D eigenvalue weighted by Crippen LogP contribution is 2.51. The van der Waals surface area contributed by atoms with Crippen LogP contribution in [0.25, 0.3) is 0 Å². The van der Waals surface area contributed by atoms with E-state index < -0.39 is 30.5 Å². The summed E-state index contributed by atoms with van der Waals surface area (Å²) in [6.07, 6.45) is -13.1. The third-order valence-corrected chi connectivity index (χ3v) is 3.82. The van der Waals surface area contributed by atoms with Gasteiger partial charge < -0.3 is 4.74 Å². The predicted molar refractivity (Wildman–Crippen MR) is 75.4 cm³/mol. The van der Waals surface area contributed by atoms with E-state index in [4.69, 9.17) is 4.74 Å². The molecule has 1 nitrogen and oxygen atoms in total. The van der Waals surface area contributed by atoms with E-state index in [9.17, 15) is 30.7 Å². The molecule has 0 fully saturated rings. The van der Waals surface area contributed by atoms with Crippen LogP contribution in [-0.2, 0) is 11.2 Å². The van der Waals surface area contributed by atoms with Crippen LogP contribution in [0.3, 0.4) is 0 Å². The Hall–Kier alpha value is -1.31. The monoisotopic (exact) mass is 360 g/mol. The van der Waals surface area contributed by atoms with Gasteiger partial charge in [0.2, 0.25) is 0 Å². The van der Waals surface area contributed by atoms with Crippen LogP contribution in [0.1, 0.15) is 43.4 Å². The van der Waals surface area contributed by atoms with Crippen molar-refractivity contribution >= 4 is 0 Å². The first-order chi connectivity index (χ1) is 11.0. The fraction of sp³-hybridized carbons (Fsp3) is 0.625. The molecule has 0 aliphatic carbocycles. The molecular weight excluding hydrogens is 341 g/mol. The van der Waals surface area contributed by atoms with Crippen LogP contribution in [0.15, 0.2) is 24.3 Å². The molecule has 0 saturated heterocycles. The number of hydrogen-bond donors (Lipinski definition) is 0. The number of unbranched alkanes of at least 4 members (excludes halogenated alkanes) is 1. The van der Waals surface area contributed by atoms with Gasteiger partial charge in [-0.3, -0.25) is 0 Å². The standard InChI is InChI=1S/C16H19F7O/c1-3-4-5-11-6-8-12(9-7-11)13(24-2)10-14(17,15(18,19)20)16(21,22)23/h6-9,13H,3-5,10H2,1-2H3. The van der Waals surface area contributed by atoms with Crippen LogP contribution in [-0.4, -0.2) is 25.1 Å². The Morgan fingerprint density at radius 3 is 1.79 bits per heavy atom. The molecule has 1 atom stereocenters. The normalized spacial score (nSPS) is 14.7. The van der Waals surface area contributed by atoms with Gasteiger partial charge in [-0.2, -0.15) is 26.3 Å². The van der Waals surface area contributed by atoms with Crippen molar-refractivity contribution in [2.45, 2.75) is 56.7 Å². The highest BCUT2D eigenvalue weighted by atomic mass is 19.4. The molecule has 1 aromatic carbocycles. The first-order valence-corrected chi connectivity index (χ1v) is 7.40. The quantitative estimate of drug-likeness (QED) is 0.547. The average molecular weight is 360 g/mol. The predicted octanol–water partition coefficient (Wildman–Crippen LogP) is 5.94. The van der Waals surface area contributed by atoms with Crippen molar-refractivity contribution in [2.75, 3.05) is 7.11 Å². The van der Waals surface area contributed by atoms with Crippen molar-refractivity contribution in [1.29, 1.82) is 0 Å². The molecule has 0 aromatic heterocycles. The zero-order valence-electron chi connectivity index (χ0n) is 13.3. The lowest BCUT2D eigenvalue weighted by atomic mass is 9.92. The summed E-state index contributed by atoms with van der Waals surface area (Å²) in [5.41, 5.74) is -4.37. The van der Waals surface area contributed by atoms with Gasteiger partial charge in [-0.15, -0.1) is 0 Å². The SMILES string of the molecule is CCCCc1ccc(C(CC(F)(C(F)(F)F)C(F)(F)F)OC)cc1. The Balaban J connectivity index is 3.04. The maximum absolute atomic E-state index is 13.8. The van der Waals surface area contributed by atoms with Gasteiger partial charge in [-0.1, -0.05) is 37.6 Å². The topological polar surface area (TPSA) is 9.23 Å². The molecule has 138 valence electrons. The van der Waals surface area contributed by atoms with Crippen LogP contribution >= 0.6 is 0 Å². The van der Waals surface area contributed by atoms with E-state index in [0.29, 0.717) is 0 Å². The van der Waals surface area contributed by atoms with Crippen molar-refractivity contribution in [3.63, 3.8) is 0 Å². The van der Waals surface area contributed by atoms with E-state index in [1.165, 1.54) is 12.1 Å². The Morgan fingerprint density at radius 1 is 0.917 bits per heavy atom. The van der Waals surface area contributed by atoms with E-state index in [1.54, 1.807) is 12.1 Å². The molecule has 1 unspecified atom stereocenters. The maximum Gasteiger partial charge on any atom is 0.431 e. The van der Waals surface area contributed by atoms with Crippen molar-refractivity contribution in [2.24, 2.45) is 0 Å². The summed E-state index contributed by atoms with van der Waals surface area (Å²) in [5, 5.41) is 0. The minimum atomic E-state index is -6.08. The molecule has 0 spiro atoms. The summed E-state index contributed by atoms with van der Waals surface area (Å²) in [7, 11) is 0.947. The molecule has 0 N–H and O–H groups in total. The van der Waals surface area contributed by atoms with Gasteiger partial charge in [0.1, 0.15) is 0 Å². The lowest BCUT2D eigenvalue weighted by molar-refractivity contribution is -0.348. The summed E-state index contributed by atoms with van der Waals surface area (Å²) in [6.45, 7) is 1.99. The minimum absolute atomic E-state index is 0.0632. The van der Waals surface area contributed by atoms with Crippen molar-refractivity contribution in [3.8, 4) is 0 Å². The second-order valence-corrected chi connectivity index (χ2v) is 5.57. The fourth-order valence-corrected chi connectivity index (χ4v) is 2.26. The third-order valence-electron chi connectivity index (χ3n) is 3.82. The molecule has 0 bridgehead atoms. The number of aryl methyl sites for hydroxylation is 1. The van der Waals surface area contributed by atoms with Gasteiger partial charge >= 0.3 is 18.0 Å². The molecule has 24 heavy (non-hydrogen) atoms. The Kier molecular flexibility index (Phi) is 6.67. The van der Waals surface area contributed by atoms with Crippen LogP contribution in [0.4, 0.5) is 30.7 Å². The number of methoxy groups -OCH3 is 1. The van der Waals surface area contributed by atoms with Gasteiger partial charge in [0.25, 0.3) is 0 Å². The van der Waals surface area contributed by atoms with E-state index in [0.717, 1.165) is 31.9 Å². The van der Waals surface area contributed by atoms with Gasteiger partial charge in [-0.05, 0) is 24.0 Å². The van der Waals surface area contributed by atoms with E-state index in [-0.39, 0.29) is 5.56 Å². The van der Waals surface area contributed by atoms with E-state index in [1.807, 2.05) is 6.92 Å². The fourth-order valence-electron chi connectivity index (χ4n) is 2.26. The Labute approximate surface area is 135 Å². The van der Waals surface area contributed by atoms with E-state index >= 15 is 0 Å². The van der Waals surface area contributed by atoms with Crippen LogP contribution in [0.5, 0.6) is 0 Å². The van der Waals surface area contributed by atoms with Gasteiger partial charge in [-0.25, -0.2) is 4.39 Å². The summed E-state index contributed by atoms with van der Waals surface area (Å²) >= 11 is 0. The average Bonchev–Trinajstić information content (AvgIpc) is 2.48. The Bertz CT molecular complexity index is 491. The number of benzene rings is 1. The van der Waals surface area contributed by atoms with Gasteiger partial charge in [0.15, 0.2) is 0 Å². The lowest BCUT2D eigenvalue weighted by Crippen LogP contribution is -2.54. The highest BCUT2D eigenvalue weighted by Gasteiger charge is 2.72. The van der Waals surface area contributed by atoms with Crippen molar-refractivity contribution in [1.82, 2.24) is 0 Å². The molecule has 0 heterocycles. The molecule has 0 amide bonds. The number of halogens is 7. The summed E-state index contributed by atoms with van der Waals surface area (Å²) in [4.78, 5) is 0. The molecule has 1 rings (SSSR count).